The van der Waals surface area contributed by atoms with Gasteiger partial charge in [-0.05, 0) is 18.8 Å². The van der Waals surface area contributed by atoms with Gasteiger partial charge in [0.25, 0.3) is 5.56 Å². The van der Waals surface area contributed by atoms with Crippen LogP contribution in [-0.4, -0.2) is 36.1 Å². The highest BCUT2D eigenvalue weighted by Crippen LogP contribution is 2.28. The first-order chi connectivity index (χ1) is 7.72. The second-order valence-electron chi connectivity index (χ2n) is 4.77. The zero-order valence-electron chi connectivity index (χ0n) is 9.36. The van der Waals surface area contributed by atoms with Crippen molar-refractivity contribution in [3.8, 4) is 0 Å². The number of aromatic nitrogens is 2. The van der Waals surface area contributed by atoms with Crippen molar-refractivity contribution in [2.24, 2.45) is 11.8 Å². The van der Waals surface area contributed by atoms with E-state index in [0.29, 0.717) is 5.82 Å². The summed E-state index contributed by atoms with van der Waals surface area (Å²) in [4.78, 5) is 20.7. The molecule has 0 amide bonds. The van der Waals surface area contributed by atoms with Gasteiger partial charge in [0.1, 0.15) is 11.6 Å². The van der Waals surface area contributed by atoms with Gasteiger partial charge >= 0.3 is 0 Å². The SMILES string of the molecule is Cc1nc(N2C[C@H]3CNC[C@H]3C2)cc(=O)[nH]1. The van der Waals surface area contributed by atoms with Crippen molar-refractivity contribution in [3.05, 3.63) is 22.2 Å². The quantitative estimate of drug-likeness (QED) is 0.684. The Labute approximate surface area is 93.9 Å². The summed E-state index contributed by atoms with van der Waals surface area (Å²) in [6, 6.07) is 1.60. The Bertz CT molecular complexity index is 444. The fourth-order valence-electron chi connectivity index (χ4n) is 2.77. The average molecular weight is 220 g/mol. The van der Waals surface area contributed by atoms with Gasteiger partial charge in [0.2, 0.25) is 0 Å². The summed E-state index contributed by atoms with van der Waals surface area (Å²) in [5.41, 5.74) is -0.0577. The van der Waals surface area contributed by atoms with Crippen LogP contribution in [-0.2, 0) is 0 Å². The Morgan fingerprint density at radius 1 is 1.38 bits per heavy atom. The molecule has 0 saturated carbocycles. The third-order valence-electron chi connectivity index (χ3n) is 3.56. The van der Waals surface area contributed by atoms with Crippen LogP contribution < -0.4 is 15.8 Å². The van der Waals surface area contributed by atoms with Crippen LogP contribution in [0.5, 0.6) is 0 Å². The molecule has 86 valence electrons. The number of anilines is 1. The minimum Gasteiger partial charge on any atom is -0.356 e. The van der Waals surface area contributed by atoms with E-state index in [1.54, 1.807) is 6.07 Å². The number of nitrogens with zero attached hydrogens (tertiary/aromatic N) is 2. The summed E-state index contributed by atoms with van der Waals surface area (Å²) in [6.07, 6.45) is 0. The molecule has 1 aromatic rings. The number of rotatable bonds is 1. The fraction of sp³-hybridized carbons (Fsp3) is 0.636. The summed E-state index contributed by atoms with van der Waals surface area (Å²) in [5, 5.41) is 3.40. The van der Waals surface area contributed by atoms with Crippen molar-refractivity contribution < 1.29 is 0 Å². The molecule has 3 rings (SSSR count). The molecule has 5 heteroatoms. The number of hydrogen-bond acceptors (Lipinski definition) is 4. The van der Waals surface area contributed by atoms with Crippen LogP contribution in [0.4, 0.5) is 5.82 Å². The van der Waals surface area contributed by atoms with E-state index < -0.39 is 0 Å². The summed E-state index contributed by atoms with van der Waals surface area (Å²) in [5.74, 6) is 2.97. The molecule has 0 spiro atoms. The number of aryl methyl sites for hydroxylation is 1. The molecule has 5 nitrogen and oxygen atoms in total. The second kappa shape index (κ2) is 3.59. The molecule has 2 aliphatic rings. The normalized spacial score (nSPS) is 28.4. The Morgan fingerprint density at radius 3 is 2.69 bits per heavy atom. The maximum absolute atomic E-state index is 11.4. The molecule has 1 aromatic heterocycles. The number of fused-ring (bicyclic) bond motifs is 1. The van der Waals surface area contributed by atoms with Crippen LogP contribution in [0.3, 0.4) is 0 Å². The van der Waals surface area contributed by atoms with Crippen LogP contribution >= 0.6 is 0 Å². The van der Waals surface area contributed by atoms with E-state index in [1.807, 2.05) is 6.92 Å². The first-order valence-electron chi connectivity index (χ1n) is 5.76. The van der Waals surface area contributed by atoms with Gasteiger partial charge in [-0.2, -0.15) is 0 Å². The highest BCUT2D eigenvalue weighted by molar-refractivity contribution is 5.39. The maximum Gasteiger partial charge on any atom is 0.252 e. The zero-order chi connectivity index (χ0) is 11.1. The molecule has 0 aromatic carbocycles. The van der Waals surface area contributed by atoms with E-state index in [0.717, 1.165) is 43.8 Å². The van der Waals surface area contributed by atoms with Gasteiger partial charge in [-0.25, -0.2) is 4.98 Å². The largest absolute Gasteiger partial charge is 0.356 e. The minimum atomic E-state index is -0.0577. The third kappa shape index (κ3) is 1.61. The van der Waals surface area contributed by atoms with E-state index in [1.165, 1.54) is 0 Å². The lowest BCUT2D eigenvalue weighted by atomic mass is 10.0. The van der Waals surface area contributed by atoms with Gasteiger partial charge in [0.05, 0.1) is 0 Å². The predicted octanol–water partition coefficient (Wildman–Crippen LogP) is -0.266. The highest BCUT2D eigenvalue weighted by Gasteiger charge is 2.36. The monoisotopic (exact) mass is 220 g/mol. The smallest absolute Gasteiger partial charge is 0.252 e. The molecular formula is C11H16N4O. The van der Waals surface area contributed by atoms with Gasteiger partial charge in [-0.15, -0.1) is 0 Å². The van der Waals surface area contributed by atoms with Crippen molar-refractivity contribution in [1.29, 1.82) is 0 Å². The Hall–Kier alpha value is -1.36. The van der Waals surface area contributed by atoms with E-state index in [4.69, 9.17) is 0 Å². The summed E-state index contributed by atoms with van der Waals surface area (Å²) >= 11 is 0. The Balaban J connectivity index is 1.86. The van der Waals surface area contributed by atoms with Crippen molar-refractivity contribution >= 4 is 5.82 Å². The Morgan fingerprint density at radius 2 is 2.06 bits per heavy atom. The van der Waals surface area contributed by atoms with E-state index in [-0.39, 0.29) is 5.56 Å². The van der Waals surface area contributed by atoms with Gasteiger partial charge in [-0.1, -0.05) is 0 Å². The van der Waals surface area contributed by atoms with Gasteiger partial charge < -0.3 is 15.2 Å². The van der Waals surface area contributed by atoms with Crippen LogP contribution in [0, 0.1) is 18.8 Å². The van der Waals surface area contributed by atoms with E-state index in [9.17, 15) is 4.79 Å². The minimum absolute atomic E-state index is 0.0577. The molecule has 0 aliphatic carbocycles. The molecular weight excluding hydrogens is 204 g/mol. The Kier molecular flexibility index (Phi) is 2.21. The number of H-pyrrole nitrogens is 1. The van der Waals surface area contributed by atoms with Crippen molar-refractivity contribution in [2.45, 2.75) is 6.92 Å². The highest BCUT2D eigenvalue weighted by atomic mass is 16.1. The summed E-state index contributed by atoms with van der Waals surface area (Å²) in [6.45, 7) is 6.07. The van der Waals surface area contributed by atoms with Crippen molar-refractivity contribution in [2.75, 3.05) is 31.1 Å². The van der Waals surface area contributed by atoms with Gasteiger partial charge in [0.15, 0.2) is 0 Å². The lowest BCUT2D eigenvalue weighted by Gasteiger charge is -2.18. The molecule has 2 aliphatic heterocycles. The zero-order valence-corrected chi connectivity index (χ0v) is 9.36. The van der Waals surface area contributed by atoms with E-state index in [2.05, 4.69) is 20.2 Å². The lowest BCUT2D eigenvalue weighted by Crippen LogP contribution is -2.27. The van der Waals surface area contributed by atoms with Crippen molar-refractivity contribution in [1.82, 2.24) is 15.3 Å². The fourth-order valence-corrected chi connectivity index (χ4v) is 2.77. The third-order valence-corrected chi connectivity index (χ3v) is 3.56. The molecule has 0 bridgehead atoms. The van der Waals surface area contributed by atoms with Crippen molar-refractivity contribution in [3.63, 3.8) is 0 Å². The van der Waals surface area contributed by atoms with Gasteiger partial charge in [0, 0.05) is 32.2 Å². The molecule has 2 fully saturated rings. The molecule has 0 radical (unpaired) electrons. The second-order valence-corrected chi connectivity index (χ2v) is 4.77. The molecule has 2 saturated heterocycles. The van der Waals surface area contributed by atoms with E-state index >= 15 is 0 Å². The molecule has 0 unspecified atom stereocenters. The summed E-state index contributed by atoms with van der Waals surface area (Å²) < 4.78 is 0. The van der Waals surface area contributed by atoms with Crippen LogP contribution in [0.1, 0.15) is 5.82 Å². The number of hydrogen-bond donors (Lipinski definition) is 2. The molecule has 2 atom stereocenters. The topological polar surface area (TPSA) is 61.0 Å². The molecule has 16 heavy (non-hydrogen) atoms. The predicted molar refractivity (Wildman–Crippen MR) is 61.7 cm³/mol. The first-order valence-corrected chi connectivity index (χ1v) is 5.76. The number of nitrogens with one attached hydrogen (secondary N) is 2. The average Bonchev–Trinajstić information content (AvgIpc) is 2.74. The molecule has 3 heterocycles. The van der Waals surface area contributed by atoms with Crippen LogP contribution in [0.15, 0.2) is 10.9 Å². The maximum atomic E-state index is 11.4. The van der Waals surface area contributed by atoms with Gasteiger partial charge in [-0.3, -0.25) is 4.79 Å². The van der Waals surface area contributed by atoms with Crippen LogP contribution in [0.25, 0.3) is 0 Å². The first kappa shape index (κ1) is 9.84. The number of aromatic amines is 1. The summed E-state index contributed by atoms with van der Waals surface area (Å²) in [7, 11) is 0. The lowest BCUT2D eigenvalue weighted by molar-refractivity contribution is 0.533. The van der Waals surface area contributed by atoms with Crippen LogP contribution in [0.2, 0.25) is 0 Å². The molecule has 2 N–H and O–H groups in total. The standard InChI is InChI=1S/C11H16N4O/c1-7-13-10(2-11(16)14-7)15-5-8-3-12-4-9(8)6-15/h2,8-9,12H,3-6H2,1H3,(H,13,14,16)/t8-,9+.